The number of nitrogens with one attached hydrogen (secondary N) is 1. The number of rotatable bonds is 7. The van der Waals surface area contributed by atoms with Crippen LogP contribution in [0.1, 0.15) is 59.8 Å². The number of carboxylic acid groups (broad SMARTS) is 1. The second kappa shape index (κ2) is 7.30. The molecule has 0 aromatic carbocycles. The molecule has 0 spiro atoms. The summed E-state index contributed by atoms with van der Waals surface area (Å²) in [5.41, 5.74) is 0.0967. The predicted molar refractivity (Wildman–Crippen MR) is 67.8 cm³/mol. The molecule has 0 saturated heterocycles. The van der Waals surface area contributed by atoms with E-state index in [0.29, 0.717) is 12.8 Å². The van der Waals surface area contributed by atoms with Crippen LogP contribution in [-0.4, -0.2) is 23.0 Å². The average molecular weight is 243 g/mol. The number of carboxylic acids is 1. The number of unbranched alkanes of at least 4 members (excludes halogenated alkanes) is 1. The summed E-state index contributed by atoms with van der Waals surface area (Å²) in [5.74, 6) is -1.11. The van der Waals surface area contributed by atoms with Gasteiger partial charge in [0.15, 0.2) is 0 Å². The van der Waals surface area contributed by atoms with Gasteiger partial charge in [0.2, 0.25) is 5.91 Å². The van der Waals surface area contributed by atoms with E-state index in [4.69, 9.17) is 5.11 Å². The molecule has 0 saturated carbocycles. The van der Waals surface area contributed by atoms with Gasteiger partial charge in [-0.15, -0.1) is 0 Å². The zero-order chi connectivity index (χ0) is 13.5. The number of hydrogen-bond acceptors (Lipinski definition) is 2. The molecule has 0 rings (SSSR count). The fourth-order valence-electron chi connectivity index (χ4n) is 1.42. The van der Waals surface area contributed by atoms with Gasteiger partial charge in [-0.2, -0.15) is 0 Å². The minimum atomic E-state index is -0.942. The molecule has 17 heavy (non-hydrogen) atoms. The highest BCUT2D eigenvalue weighted by atomic mass is 16.4. The van der Waals surface area contributed by atoms with Gasteiger partial charge in [0.1, 0.15) is 6.04 Å². The van der Waals surface area contributed by atoms with Crippen LogP contribution in [0.4, 0.5) is 0 Å². The predicted octanol–water partition coefficient (Wildman–Crippen LogP) is 2.57. The molecule has 2 N–H and O–H groups in total. The Balaban J connectivity index is 4.08. The Kier molecular flexibility index (Phi) is 6.85. The highest BCUT2D eigenvalue weighted by Gasteiger charge is 2.20. The van der Waals surface area contributed by atoms with Crippen molar-refractivity contribution in [1.82, 2.24) is 5.32 Å². The monoisotopic (exact) mass is 243 g/mol. The fraction of sp³-hybridized carbons (Fsp3) is 0.846. The largest absolute Gasteiger partial charge is 0.480 e. The summed E-state index contributed by atoms with van der Waals surface area (Å²) in [6, 6.07) is -0.734. The van der Waals surface area contributed by atoms with Crippen LogP contribution in [0, 0.1) is 5.41 Å². The van der Waals surface area contributed by atoms with Crippen molar-refractivity contribution in [3.63, 3.8) is 0 Å². The molecule has 0 bridgehead atoms. The smallest absolute Gasteiger partial charge is 0.326 e. The molecule has 1 atom stereocenters. The standard InChI is InChI=1S/C13H25NO3/c1-5-6-7-10(12(16)17)14-11(15)8-9-13(2,3)4/h10H,5-9H2,1-4H3,(H,14,15)(H,16,17). The molecule has 1 amide bonds. The van der Waals surface area contributed by atoms with Crippen LogP contribution in [0.25, 0.3) is 0 Å². The molecule has 0 aromatic rings. The average Bonchev–Trinajstić information content (AvgIpc) is 2.19. The van der Waals surface area contributed by atoms with E-state index in [2.05, 4.69) is 26.1 Å². The number of carbonyl (C=O) groups is 2. The molecule has 0 heterocycles. The summed E-state index contributed by atoms with van der Waals surface area (Å²) in [5, 5.41) is 11.5. The maximum Gasteiger partial charge on any atom is 0.326 e. The van der Waals surface area contributed by atoms with Crippen molar-refractivity contribution in [2.45, 2.75) is 65.8 Å². The van der Waals surface area contributed by atoms with Gasteiger partial charge in [-0.1, -0.05) is 40.5 Å². The van der Waals surface area contributed by atoms with Gasteiger partial charge in [0.25, 0.3) is 0 Å². The Morgan fingerprint density at radius 1 is 1.29 bits per heavy atom. The lowest BCUT2D eigenvalue weighted by atomic mass is 9.90. The second-order valence-corrected chi connectivity index (χ2v) is 5.66. The van der Waals surface area contributed by atoms with Gasteiger partial charge in [-0.25, -0.2) is 4.79 Å². The van der Waals surface area contributed by atoms with Crippen LogP contribution in [-0.2, 0) is 9.59 Å². The lowest BCUT2D eigenvalue weighted by Gasteiger charge is -2.19. The third-order valence-electron chi connectivity index (χ3n) is 2.58. The molecule has 4 heteroatoms. The molecule has 0 aliphatic carbocycles. The Morgan fingerprint density at radius 2 is 1.88 bits per heavy atom. The molecule has 1 unspecified atom stereocenters. The first-order chi connectivity index (χ1) is 7.76. The summed E-state index contributed by atoms with van der Waals surface area (Å²) >= 11 is 0. The Hall–Kier alpha value is -1.06. The van der Waals surface area contributed by atoms with Gasteiger partial charge in [-0.3, -0.25) is 4.79 Å². The first-order valence-electron chi connectivity index (χ1n) is 6.28. The third-order valence-corrected chi connectivity index (χ3v) is 2.58. The molecule has 4 nitrogen and oxygen atoms in total. The van der Waals surface area contributed by atoms with E-state index in [1.165, 1.54) is 0 Å². The molecular weight excluding hydrogens is 218 g/mol. The van der Waals surface area contributed by atoms with E-state index in [9.17, 15) is 9.59 Å². The van der Waals surface area contributed by atoms with Gasteiger partial charge < -0.3 is 10.4 Å². The summed E-state index contributed by atoms with van der Waals surface area (Å²) in [4.78, 5) is 22.5. The normalized spacial score (nSPS) is 13.2. The van der Waals surface area contributed by atoms with Crippen molar-refractivity contribution in [3.8, 4) is 0 Å². The molecule has 100 valence electrons. The number of hydrogen-bond donors (Lipinski definition) is 2. The SMILES string of the molecule is CCCCC(NC(=O)CCC(C)(C)C)C(=O)O. The Bertz CT molecular complexity index is 256. The van der Waals surface area contributed by atoms with Crippen LogP contribution in [0.15, 0.2) is 0 Å². The number of amides is 1. The van der Waals surface area contributed by atoms with E-state index < -0.39 is 12.0 Å². The van der Waals surface area contributed by atoms with Crippen LogP contribution < -0.4 is 5.32 Å². The minimum absolute atomic E-state index is 0.0967. The molecule has 0 aliphatic heterocycles. The van der Waals surface area contributed by atoms with Crippen molar-refractivity contribution in [2.24, 2.45) is 5.41 Å². The first-order valence-corrected chi connectivity index (χ1v) is 6.28. The quantitative estimate of drug-likeness (QED) is 0.722. The van der Waals surface area contributed by atoms with Gasteiger partial charge in [-0.05, 0) is 18.3 Å². The van der Waals surface area contributed by atoms with E-state index in [1.54, 1.807) is 0 Å². The van der Waals surface area contributed by atoms with Crippen LogP contribution in [0.2, 0.25) is 0 Å². The van der Waals surface area contributed by atoms with Crippen molar-refractivity contribution < 1.29 is 14.7 Å². The van der Waals surface area contributed by atoms with Gasteiger partial charge in [0, 0.05) is 6.42 Å². The topological polar surface area (TPSA) is 66.4 Å². The summed E-state index contributed by atoms with van der Waals surface area (Å²) in [6.07, 6.45) is 3.41. The van der Waals surface area contributed by atoms with Crippen LogP contribution in [0.3, 0.4) is 0 Å². The second-order valence-electron chi connectivity index (χ2n) is 5.66. The summed E-state index contributed by atoms with van der Waals surface area (Å²) < 4.78 is 0. The maximum absolute atomic E-state index is 11.6. The summed E-state index contributed by atoms with van der Waals surface area (Å²) in [6.45, 7) is 8.18. The highest BCUT2D eigenvalue weighted by molar-refractivity contribution is 5.83. The third kappa shape index (κ3) is 8.72. The molecule has 0 aliphatic rings. The number of aliphatic carboxylic acids is 1. The Labute approximate surface area is 104 Å². The van der Waals surface area contributed by atoms with Crippen molar-refractivity contribution in [2.75, 3.05) is 0 Å². The Morgan fingerprint density at radius 3 is 2.29 bits per heavy atom. The minimum Gasteiger partial charge on any atom is -0.480 e. The molecular formula is C13H25NO3. The summed E-state index contributed by atoms with van der Waals surface area (Å²) in [7, 11) is 0. The van der Waals surface area contributed by atoms with E-state index >= 15 is 0 Å². The lowest BCUT2D eigenvalue weighted by molar-refractivity contribution is -0.142. The van der Waals surface area contributed by atoms with Crippen molar-refractivity contribution in [3.05, 3.63) is 0 Å². The zero-order valence-corrected chi connectivity index (χ0v) is 11.4. The van der Waals surface area contributed by atoms with Crippen LogP contribution in [0.5, 0.6) is 0 Å². The van der Waals surface area contributed by atoms with Gasteiger partial charge >= 0.3 is 5.97 Å². The van der Waals surface area contributed by atoms with Crippen LogP contribution >= 0.6 is 0 Å². The van der Waals surface area contributed by atoms with E-state index in [-0.39, 0.29) is 11.3 Å². The van der Waals surface area contributed by atoms with Gasteiger partial charge in [0.05, 0.1) is 0 Å². The van der Waals surface area contributed by atoms with E-state index in [0.717, 1.165) is 19.3 Å². The molecule has 0 radical (unpaired) electrons. The molecule has 0 fully saturated rings. The maximum atomic E-state index is 11.6. The fourth-order valence-corrected chi connectivity index (χ4v) is 1.42. The van der Waals surface area contributed by atoms with Crippen molar-refractivity contribution in [1.29, 1.82) is 0 Å². The first kappa shape index (κ1) is 15.9. The highest BCUT2D eigenvalue weighted by Crippen LogP contribution is 2.20. The zero-order valence-electron chi connectivity index (χ0n) is 11.4. The number of carbonyl (C=O) groups excluding carboxylic acids is 1. The lowest BCUT2D eigenvalue weighted by Crippen LogP contribution is -2.40. The van der Waals surface area contributed by atoms with E-state index in [1.807, 2.05) is 6.92 Å². The van der Waals surface area contributed by atoms with Crippen molar-refractivity contribution >= 4 is 11.9 Å². The molecule has 0 aromatic heterocycles.